The number of nitrogens with one attached hydrogen (secondary N) is 2. The summed E-state index contributed by atoms with van der Waals surface area (Å²) in [5, 5.41) is 4.40. The number of thiol groups is 2. The zero-order valence-electron chi connectivity index (χ0n) is 8.33. The van der Waals surface area contributed by atoms with Crippen molar-refractivity contribution in [1.29, 1.82) is 0 Å². The highest BCUT2D eigenvalue weighted by atomic mass is 32.1. The SMILES string of the molecule is O=CNC(S)c1ccc(C(S)NC=O)cc1. The number of benzene rings is 1. The molecule has 0 aliphatic heterocycles. The molecular formula is C10H12N2O2S2. The van der Waals surface area contributed by atoms with Crippen LogP contribution in [0.25, 0.3) is 0 Å². The van der Waals surface area contributed by atoms with Gasteiger partial charge in [0.05, 0.1) is 10.7 Å². The second-order valence-corrected chi connectivity index (χ2v) is 4.07. The summed E-state index contributed by atoms with van der Waals surface area (Å²) in [5.41, 5.74) is 1.73. The zero-order chi connectivity index (χ0) is 12.0. The second kappa shape index (κ2) is 6.44. The van der Waals surface area contributed by atoms with E-state index in [1.54, 1.807) is 0 Å². The van der Waals surface area contributed by atoms with Gasteiger partial charge in [0.25, 0.3) is 0 Å². The minimum absolute atomic E-state index is 0.330. The van der Waals surface area contributed by atoms with Crippen molar-refractivity contribution in [1.82, 2.24) is 10.6 Å². The summed E-state index contributed by atoms with van der Waals surface area (Å²) >= 11 is 8.39. The van der Waals surface area contributed by atoms with Crippen LogP contribution >= 0.6 is 25.3 Å². The molecule has 0 bridgehead atoms. The van der Waals surface area contributed by atoms with Crippen LogP contribution in [-0.2, 0) is 9.59 Å². The summed E-state index contributed by atoms with van der Waals surface area (Å²) in [6.45, 7) is 0. The number of hydrogen-bond donors (Lipinski definition) is 4. The summed E-state index contributed by atoms with van der Waals surface area (Å²) in [6, 6.07) is 7.27. The number of hydrogen-bond acceptors (Lipinski definition) is 4. The molecule has 2 amide bonds. The van der Waals surface area contributed by atoms with Crippen LogP contribution in [0.1, 0.15) is 21.9 Å². The Kier molecular flexibility index (Phi) is 5.21. The van der Waals surface area contributed by atoms with Gasteiger partial charge in [0, 0.05) is 0 Å². The molecule has 0 saturated carbocycles. The van der Waals surface area contributed by atoms with Gasteiger partial charge in [-0.2, -0.15) is 0 Å². The number of rotatable bonds is 6. The van der Waals surface area contributed by atoms with E-state index in [1.807, 2.05) is 24.3 Å². The van der Waals surface area contributed by atoms with Crippen LogP contribution < -0.4 is 10.6 Å². The third-order valence-electron chi connectivity index (χ3n) is 2.02. The Balaban J connectivity index is 2.74. The van der Waals surface area contributed by atoms with Gasteiger partial charge >= 0.3 is 0 Å². The molecule has 2 atom stereocenters. The lowest BCUT2D eigenvalue weighted by atomic mass is 10.1. The molecule has 0 aliphatic rings. The van der Waals surface area contributed by atoms with Crippen LogP contribution in [0.15, 0.2) is 24.3 Å². The topological polar surface area (TPSA) is 58.2 Å². The predicted octanol–water partition coefficient (Wildman–Crippen LogP) is 1.04. The molecule has 4 nitrogen and oxygen atoms in total. The third kappa shape index (κ3) is 3.46. The Bertz CT molecular complexity index is 321. The molecule has 0 aromatic heterocycles. The predicted molar refractivity (Wildman–Crippen MR) is 68.3 cm³/mol. The van der Waals surface area contributed by atoms with Crippen molar-refractivity contribution in [3.8, 4) is 0 Å². The Morgan fingerprint density at radius 3 is 1.44 bits per heavy atom. The Morgan fingerprint density at radius 2 is 1.19 bits per heavy atom. The molecule has 0 spiro atoms. The normalized spacial score (nSPS) is 13.6. The van der Waals surface area contributed by atoms with Crippen molar-refractivity contribution in [3.63, 3.8) is 0 Å². The molecule has 1 aromatic carbocycles. The molecule has 1 aromatic rings. The first-order valence-corrected chi connectivity index (χ1v) is 5.57. The summed E-state index contributed by atoms with van der Waals surface area (Å²) < 4.78 is 0. The maximum Gasteiger partial charge on any atom is 0.208 e. The van der Waals surface area contributed by atoms with Gasteiger partial charge in [-0.25, -0.2) is 0 Å². The van der Waals surface area contributed by atoms with Gasteiger partial charge in [0.15, 0.2) is 0 Å². The molecule has 0 aliphatic carbocycles. The van der Waals surface area contributed by atoms with E-state index in [9.17, 15) is 9.59 Å². The number of carbonyl (C=O) groups is 2. The van der Waals surface area contributed by atoms with Gasteiger partial charge in [0.2, 0.25) is 12.8 Å². The van der Waals surface area contributed by atoms with Gasteiger partial charge < -0.3 is 10.6 Å². The van der Waals surface area contributed by atoms with Crippen LogP contribution in [0.5, 0.6) is 0 Å². The first-order chi connectivity index (χ1) is 7.69. The smallest absolute Gasteiger partial charge is 0.208 e. The van der Waals surface area contributed by atoms with E-state index in [4.69, 9.17) is 0 Å². The molecule has 2 unspecified atom stereocenters. The summed E-state index contributed by atoms with van der Waals surface area (Å²) in [4.78, 5) is 20.5. The molecule has 6 heteroatoms. The Morgan fingerprint density at radius 1 is 0.875 bits per heavy atom. The fourth-order valence-corrected chi connectivity index (χ4v) is 1.65. The molecule has 2 N–H and O–H groups in total. The quantitative estimate of drug-likeness (QED) is 0.349. The molecule has 0 heterocycles. The van der Waals surface area contributed by atoms with Crippen LogP contribution in [0.2, 0.25) is 0 Å². The lowest BCUT2D eigenvalue weighted by Gasteiger charge is -2.13. The molecule has 0 saturated heterocycles. The van der Waals surface area contributed by atoms with E-state index < -0.39 is 0 Å². The van der Waals surface area contributed by atoms with Crippen molar-refractivity contribution in [2.75, 3.05) is 0 Å². The van der Waals surface area contributed by atoms with Crippen LogP contribution in [-0.4, -0.2) is 12.8 Å². The summed E-state index contributed by atoms with van der Waals surface area (Å²) in [6.07, 6.45) is 1.20. The minimum atomic E-state index is -0.330. The van der Waals surface area contributed by atoms with E-state index in [2.05, 4.69) is 35.9 Å². The lowest BCUT2D eigenvalue weighted by Crippen LogP contribution is -2.15. The average molecular weight is 256 g/mol. The highest BCUT2D eigenvalue weighted by Gasteiger charge is 2.07. The highest BCUT2D eigenvalue weighted by molar-refractivity contribution is 7.80. The van der Waals surface area contributed by atoms with E-state index in [0.29, 0.717) is 12.8 Å². The standard InChI is InChI=1S/C10H12N2O2S2/c13-5-11-9(15)7-1-2-8(4-3-7)10(16)12-6-14/h1-6,9-10,15-16H,(H,11,13)(H,12,14). The van der Waals surface area contributed by atoms with Crippen LogP contribution in [0, 0.1) is 0 Å². The molecule has 0 fully saturated rings. The minimum Gasteiger partial charge on any atom is -0.343 e. The van der Waals surface area contributed by atoms with E-state index >= 15 is 0 Å². The van der Waals surface area contributed by atoms with Crippen molar-refractivity contribution in [3.05, 3.63) is 35.4 Å². The fraction of sp³-hybridized carbons (Fsp3) is 0.200. The van der Waals surface area contributed by atoms with E-state index in [1.165, 1.54) is 0 Å². The summed E-state index contributed by atoms with van der Waals surface area (Å²) in [7, 11) is 0. The van der Waals surface area contributed by atoms with Gasteiger partial charge in [-0.3, -0.25) is 9.59 Å². The zero-order valence-corrected chi connectivity index (χ0v) is 10.1. The molecule has 16 heavy (non-hydrogen) atoms. The monoisotopic (exact) mass is 256 g/mol. The molecule has 0 radical (unpaired) electrons. The largest absolute Gasteiger partial charge is 0.343 e. The third-order valence-corrected chi connectivity index (χ3v) is 2.91. The number of amides is 2. The number of carbonyl (C=O) groups excluding carboxylic acids is 2. The van der Waals surface area contributed by atoms with Gasteiger partial charge in [-0.15, -0.1) is 25.3 Å². The average Bonchev–Trinajstić information content (AvgIpc) is 2.30. The first kappa shape index (κ1) is 12.9. The van der Waals surface area contributed by atoms with Crippen molar-refractivity contribution in [2.24, 2.45) is 0 Å². The van der Waals surface area contributed by atoms with E-state index in [-0.39, 0.29) is 10.7 Å². The van der Waals surface area contributed by atoms with Crippen molar-refractivity contribution >= 4 is 38.1 Å². The maximum atomic E-state index is 10.2. The Labute approximate surface area is 105 Å². The maximum absolute atomic E-state index is 10.2. The van der Waals surface area contributed by atoms with E-state index in [0.717, 1.165) is 11.1 Å². The van der Waals surface area contributed by atoms with Gasteiger partial charge in [-0.1, -0.05) is 24.3 Å². The lowest BCUT2D eigenvalue weighted by molar-refractivity contribution is -0.110. The first-order valence-electron chi connectivity index (χ1n) is 4.54. The van der Waals surface area contributed by atoms with Crippen LogP contribution in [0.3, 0.4) is 0 Å². The molecule has 86 valence electrons. The molecule has 1 rings (SSSR count). The van der Waals surface area contributed by atoms with Gasteiger partial charge in [0.1, 0.15) is 0 Å². The molecular weight excluding hydrogens is 244 g/mol. The fourth-order valence-electron chi connectivity index (χ4n) is 1.18. The highest BCUT2D eigenvalue weighted by Crippen LogP contribution is 2.21. The van der Waals surface area contributed by atoms with Crippen molar-refractivity contribution < 1.29 is 9.59 Å². The van der Waals surface area contributed by atoms with Crippen molar-refractivity contribution in [2.45, 2.75) is 10.7 Å². The van der Waals surface area contributed by atoms with Crippen LogP contribution in [0.4, 0.5) is 0 Å². The second-order valence-electron chi connectivity index (χ2n) is 3.04. The van der Waals surface area contributed by atoms with Gasteiger partial charge in [-0.05, 0) is 11.1 Å². The summed E-state index contributed by atoms with van der Waals surface area (Å²) in [5.74, 6) is 0. The Hall–Kier alpha value is -1.14.